The second-order valence-corrected chi connectivity index (χ2v) is 2.62. The highest BCUT2D eigenvalue weighted by Crippen LogP contribution is 2.13. The first-order valence-corrected chi connectivity index (χ1v) is 3.54. The molecule has 12 heavy (non-hydrogen) atoms. The second kappa shape index (κ2) is 4.23. The van der Waals surface area contributed by atoms with Crippen LogP contribution in [0.3, 0.4) is 0 Å². The molecule has 0 aromatic carbocycles. The zero-order valence-corrected chi connectivity index (χ0v) is 7.88. The van der Waals surface area contributed by atoms with Gasteiger partial charge < -0.3 is 15.2 Å². The summed E-state index contributed by atoms with van der Waals surface area (Å²) < 4.78 is 10.0. The smallest absolute Gasteiger partial charge is 0.244 e. The Bertz CT molecular complexity index is 194. The van der Waals surface area contributed by atoms with Crippen molar-refractivity contribution in [3.05, 3.63) is 11.6 Å². The Balaban J connectivity index is 4.57. The van der Waals surface area contributed by atoms with Crippen LogP contribution in [0.2, 0.25) is 0 Å². The molecular formula is C8H15NO3. The van der Waals surface area contributed by atoms with Crippen molar-refractivity contribution in [1.82, 2.24) is 0 Å². The second-order valence-electron chi connectivity index (χ2n) is 2.62. The molecule has 70 valence electrons. The van der Waals surface area contributed by atoms with E-state index in [2.05, 4.69) is 0 Å². The number of rotatable bonds is 4. The number of amides is 1. The number of primary amides is 1. The first-order valence-electron chi connectivity index (χ1n) is 3.54. The standard InChI is InChI=1S/C8H15NO3/c1-6(7(9)10)5-8(2,11-3)12-4/h5H,1-4H3,(H2,9,10). The van der Waals surface area contributed by atoms with E-state index in [1.807, 2.05) is 0 Å². The van der Waals surface area contributed by atoms with Gasteiger partial charge >= 0.3 is 0 Å². The number of hydrogen-bond donors (Lipinski definition) is 1. The van der Waals surface area contributed by atoms with Crippen LogP contribution < -0.4 is 5.73 Å². The molecule has 0 heterocycles. The highest BCUT2D eigenvalue weighted by Gasteiger charge is 2.20. The third kappa shape index (κ3) is 3.02. The first kappa shape index (κ1) is 11.1. The van der Waals surface area contributed by atoms with Gasteiger partial charge in [0.2, 0.25) is 5.91 Å². The lowest BCUT2D eigenvalue weighted by Gasteiger charge is -2.22. The van der Waals surface area contributed by atoms with Gasteiger partial charge in [0.15, 0.2) is 5.79 Å². The van der Waals surface area contributed by atoms with Crippen molar-refractivity contribution >= 4 is 5.91 Å². The van der Waals surface area contributed by atoms with E-state index in [1.54, 1.807) is 13.8 Å². The number of carbonyl (C=O) groups excluding carboxylic acids is 1. The molecule has 0 aromatic heterocycles. The van der Waals surface area contributed by atoms with Gasteiger partial charge in [-0.05, 0) is 19.9 Å². The minimum Gasteiger partial charge on any atom is -0.366 e. The molecule has 0 radical (unpaired) electrons. The zero-order chi connectivity index (χ0) is 9.78. The van der Waals surface area contributed by atoms with Crippen molar-refractivity contribution in [3.8, 4) is 0 Å². The molecule has 1 amide bonds. The van der Waals surface area contributed by atoms with Crippen LogP contribution in [0, 0.1) is 0 Å². The predicted molar refractivity (Wildman–Crippen MR) is 45.4 cm³/mol. The van der Waals surface area contributed by atoms with Gasteiger partial charge in [0.05, 0.1) is 0 Å². The van der Waals surface area contributed by atoms with Crippen LogP contribution in [-0.2, 0) is 14.3 Å². The van der Waals surface area contributed by atoms with Gasteiger partial charge in [-0.1, -0.05) is 0 Å². The molecule has 0 spiro atoms. The quantitative estimate of drug-likeness (QED) is 0.495. The molecule has 0 fully saturated rings. The van der Waals surface area contributed by atoms with Gasteiger partial charge in [0, 0.05) is 19.8 Å². The van der Waals surface area contributed by atoms with E-state index in [0.29, 0.717) is 5.57 Å². The van der Waals surface area contributed by atoms with E-state index in [4.69, 9.17) is 15.2 Å². The molecule has 0 saturated heterocycles. The number of hydrogen-bond acceptors (Lipinski definition) is 3. The third-order valence-corrected chi connectivity index (χ3v) is 1.68. The largest absolute Gasteiger partial charge is 0.366 e. The highest BCUT2D eigenvalue weighted by molar-refractivity contribution is 5.91. The van der Waals surface area contributed by atoms with Gasteiger partial charge in [-0.25, -0.2) is 0 Å². The van der Waals surface area contributed by atoms with Crippen molar-refractivity contribution in [3.63, 3.8) is 0 Å². The Morgan fingerprint density at radius 1 is 1.42 bits per heavy atom. The monoisotopic (exact) mass is 173 g/mol. The number of carbonyl (C=O) groups is 1. The van der Waals surface area contributed by atoms with Crippen molar-refractivity contribution in [2.75, 3.05) is 14.2 Å². The summed E-state index contributed by atoms with van der Waals surface area (Å²) >= 11 is 0. The normalized spacial score (nSPS) is 13.2. The minimum absolute atomic E-state index is 0.418. The minimum atomic E-state index is -0.876. The predicted octanol–water partition coefficient (Wildman–Crippen LogP) is 0.427. The van der Waals surface area contributed by atoms with Crippen molar-refractivity contribution in [2.24, 2.45) is 5.73 Å². The molecule has 0 atom stereocenters. The van der Waals surface area contributed by atoms with Crippen LogP contribution in [0.1, 0.15) is 13.8 Å². The van der Waals surface area contributed by atoms with E-state index < -0.39 is 11.7 Å². The van der Waals surface area contributed by atoms with Crippen molar-refractivity contribution < 1.29 is 14.3 Å². The van der Waals surface area contributed by atoms with Crippen LogP contribution in [0.4, 0.5) is 0 Å². The summed E-state index contributed by atoms with van der Waals surface area (Å²) in [4.78, 5) is 10.7. The topological polar surface area (TPSA) is 61.5 Å². The van der Waals surface area contributed by atoms with Gasteiger partial charge in [0.25, 0.3) is 0 Å². The molecule has 0 aliphatic heterocycles. The molecule has 0 aromatic rings. The first-order chi connectivity index (χ1) is 5.45. The van der Waals surface area contributed by atoms with E-state index >= 15 is 0 Å². The van der Waals surface area contributed by atoms with E-state index in [0.717, 1.165) is 0 Å². The molecule has 4 heteroatoms. The average Bonchev–Trinajstić information content (AvgIpc) is 2.04. The Kier molecular flexibility index (Phi) is 3.92. The number of ether oxygens (including phenoxy) is 2. The SMILES string of the molecule is COC(C)(C=C(C)C(N)=O)OC. The maximum absolute atomic E-state index is 10.7. The summed E-state index contributed by atoms with van der Waals surface area (Å²) in [5.41, 5.74) is 5.45. The molecular weight excluding hydrogens is 158 g/mol. The van der Waals surface area contributed by atoms with Crippen LogP contribution in [0.25, 0.3) is 0 Å². The van der Waals surface area contributed by atoms with E-state index in [-0.39, 0.29) is 0 Å². The summed E-state index contributed by atoms with van der Waals surface area (Å²) in [5.74, 6) is -1.35. The lowest BCUT2D eigenvalue weighted by molar-refractivity contribution is -0.156. The lowest BCUT2D eigenvalue weighted by Crippen LogP contribution is -2.28. The van der Waals surface area contributed by atoms with Crippen molar-refractivity contribution in [1.29, 1.82) is 0 Å². The van der Waals surface area contributed by atoms with Crippen LogP contribution in [0.15, 0.2) is 11.6 Å². The molecule has 0 bridgehead atoms. The number of nitrogens with two attached hydrogens (primary N) is 1. The van der Waals surface area contributed by atoms with Gasteiger partial charge in [-0.15, -0.1) is 0 Å². The molecule has 0 aliphatic carbocycles. The molecule has 0 unspecified atom stereocenters. The molecule has 2 N–H and O–H groups in total. The maximum atomic E-state index is 10.7. The lowest BCUT2D eigenvalue weighted by atomic mass is 10.2. The molecule has 4 nitrogen and oxygen atoms in total. The zero-order valence-electron chi connectivity index (χ0n) is 7.88. The Morgan fingerprint density at radius 2 is 1.83 bits per heavy atom. The van der Waals surface area contributed by atoms with Crippen molar-refractivity contribution in [2.45, 2.75) is 19.6 Å². The summed E-state index contributed by atoms with van der Waals surface area (Å²) in [5, 5.41) is 0. The Hall–Kier alpha value is -0.870. The van der Waals surface area contributed by atoms with Crippen LogP contribution >= 0.6 is 0 Å². The summed E-state index contributed by atoms with van der Waals surface area (Å²) in [6.07, 6.45) is 1.54. The van der Waals surface area contributed by atoms with Crippen LogP contribution in [0.5, 0.6) is 0 Å². The van der Waals surface area contributed by atoms with E-state index in [9.17, 15) is 4.79 Å². The fourth-order valence-electron chi connectivity index (χ4n) is 0.666. The molecule has 0 saturated carbocycles. The Morgan fingerprint density at radius 3 is 2.08 bits per heavy atom. The number of methoxy groups -OCH3 is 2. The highest BCUT2D eigenvalue weighted by atomic mass is 16.7. The maximum Gasteiger partial charge on any atom is 0.244 e. The van der Waals surface area contributed by atoms with Gasteiger partial charge in [-0.2, -0.15) is 0 Å². The van der Waals surface area contributed by atoms with E-state index in [1.165, 1.54) is 20.3 Å². The van der Waals surface area contributed by atoms with Gasteiger partial charge in [-0.3, -0.25) is 4.79 Å². The fraction of sp³-hybridized carbons (Fsp3) is 0.625. The average molecular weight is 173 g/mol. The fourth-order valence-corrected chi connectivity index (χ4v) is 0.666. The summed E-state index contributed by atoms with van der Waals surface area (Å²) in [6, 6.07) is 0. The Labute approximate surface area is 72.3 Å². The molecule has 0 rings (SSSR count). The summed E-state index contributed by atoms with van der Waals surface area (Å²) in [6.45, 7) is 3.30. The molecule has 0 aliphatic rings. The van der Waals surface area contributed by atoms with Gasteiger partial charge in [0.1, 0.15) is 0 Å². The third-order valence-electron chi connectivity index (χ3n) is 1.68. The van der Waals surface area contributed by atoms with Crippen LogP contribution in [-0.4, -0.2) is 25.9 Å². The summed E-state index contributed by atoms with van der Waals surface area (Å²) in [7, 11) is 2.99.